The molecule has 0 aliphatic carbocycles. The first-order valence-electron chi connectivity index (χ1n) is 6.99. The average Bonchev–Trinajstić information content (AvgIpc) is 2.86. The molecule has 106 valence electrons. The number of nitrogens with one attached hydrogen (secondary N) is 1. The lowest BCUT2D eigenvalue weighted by Gasteiger charge is -2.24. The number of hydrogen-bond donors (Lipinski definition) is 2. The minimum Gasteiger partial charge on any atom is -0.399 e. The van der Waals surface area contributed by atoms with E-state index in [4.69, 9.17) is 10.5 Å². The van der Waals surface area contributed by atoms with Crippen molar-refractivity contribution in [2.75, 3.05) is 12.3 Å². The first-order chi connectivity index (χ1) is 10.2. The molecule has 2 heterocycles. The molecule has 1 aliphatic heterocycles. The first-order valence-corrected chi connectivity index (χ1v) is 7.79. The van der Waals surface area contributed by atoms with Crippen molar-refractivity contribution in [2.45, 2.75) is 12.5 Å². The highest BCUT2D eigenvalue weighted by molar-refractivity contribution is 9.10. The summed E-state index contributed by atoms with van der Waals surface area (Å²) < 4.78 is 7.11. The first kappa shape index (κ1) is 12.9. The Morgan fingerprint density at radius 2 is 1.95 bits per heavy atom. The van der Waals surface area contributed by atoms with Crippen LogP contribution in [0.15, 0.2) is 46.9 Å². The van der Waals surface area contributed by atoms with Crippen LogP contribution >= 0.6 is 15.9 Å². The summed E-state index contributed by atoms with van der Waals surface area (Å²) >= 11 is 3.55. The summed E-state index contributed by atoms with van der Waals surface area (Å²) in [4.78, 5) is 3.53. The maximum atomic E-state index is 6.01. The number of ether oxygens (including phenoxy) is 1. The third kappa shape index (κ3) is 2.15. The van der Waals surface area contributed by atoms with Gasteiger partial charge in [-0.3, -0.25) is 0 Å². The van der Waals surface area contributed by atoms with Crippen molar-refractivity contribution < 1.29 is 4.74 Å². The van der Waals surface area contributed by atoms with E-state index in [1.165, 1.54) is 16.6 Å². The molecule has 0 radical (unpaired) electrons. The minimum absolute atomic E-state index is 0.0412. The second-order valence-electron chi connectivity index (χ2n) is 5.37. The molecule has 3 N–H and O–H groups in total. The smallest absolute Gasteiger partial charge is 0.123 e. The molecular formula is C17H15BrN2O. The quantitative estimate of drug-likeness (QED) is 0.652. The van der Waals surface area contributed by atoms with Crippen LogP contribution in [0.4, 0.5) is 5.69 Å². The van der Waals surface area contributed by atoms with Crippen LogP contribution in [0.1, 0.15) is 22.9 Å². The van der Waals surface area contributed by atoms with Gasteiger partial charge < -0.3 is 15.5 Å². The van der Waals surface area contributed by atoms with Crippen LogP contribution in [0.2, 0.25) is 0 Å². The van der Waals surface area contributed by atoms with Crippen LogP contribution in [0.25, 0.3) is 10.9 Å². The summed E-state index contributed by atoms with van der Waals surface area (Å²) in [5, 5.41) is 1.28. The van der Waals surface area contributed by atoms with Gasteiger partial charge in [-0.15, -0.1) is 0 Å². The lowest BCUT2D eigenvalue weighted by atomic mass is 9.97. The Bertz CT molecular complexity index is 808. The molecular weight excluding hydrogens is 328 g/mol. The molecule has 0 amide bonds. The van der Waals surface area contributed by atoms with Crippen LogP contribution in [0.3, 0.4) is 0 Å². The molecule has 1 aliphatic rings. The Kier molecular flexibility index (Phi) is 3.01. The number of fused-ring (bicyclic) bond motifs is 3. The molecule has 0 spiro atoms. The number of aromatic amines is 1. The SMILES string of the molecule is Nc1ccc(C2OCCc3c2[nH]c2ccc(Br)cc32)cc1. The Morgan fingerprint density at radius 1 is 1.14 bits per heavy atom. The molecule has 1 unspecified atom stereocenters. The zero-order valence-corrected chi connectivity index (χ0v) is 13.0. The van der Waals surface area contributed by atoms with Gasteiger partial charge in [0.2, 0.25) is 0 Å². The Hall–Kier alpha value is -1.78. The van der Waals surface area contributed by atoms with Crippen LogP contribution in [-0.4, -0.2) is 11.6 Å². The molecule has 21 heavy (non-hydrogen) atoms. The lowest BCUT2D eigenvalue weighted by molar-refractivity contribution is 0.0677. The molecule has 0 fully saturated rings. The predicted molar refractivity (Wildman–Crippen MR) is 88.4 cm³/mol. The monoisotopic (exact) mass is 342 g/mol. The summed E-state index contributed by atoms with van der Waals surface area (Å²) in [6, 6.07) is 14.3. The van der Waals surface area contributed by atoms with Gasteiger partial charge >= 0.3 is 0 Å². The van der Waals surface area contributed by atoms with Gasteiger partial charge in [-0.2, -0.15) is 0 Å². The number of aromatic nitrogens is 1. The molecule has 0 saturated heterocycles. The Balaban J connectivity index is 1.88. The third-order valence-electron chi connectivity index (χ3n) is 4.04. The fourth-order valence-corrected chi connectivity index (χ4v) is 3.39. The largest absolute Gasteiger partial charge is 0.399 e. The molecule has 4 heteroatoms. The maximum absolute atomic E-state index is 6.01. The molecule has 1 atom stereocenters. The van der Waals surface area contributed by atoms with E-state index >= 15 is 0 Å². The van der Waals surface area contributed by atoms with E-state index in [-0.39, 0.29) is 6.10 Å². The van der Waals surface area contributed by atoms with Crippen molar-refractivity contribution in [3.05, 3.63) is 63.8 Å². The number of halogens is 1. The van der Waals surface area contributed by atoms with Crippen molar-refractivity contribution in [1.82, 2.24) is 4.98 Å². The van der Waals surface area contributed by atoms with E-state index in [9.17, 15) is 0 Å². The minimum atomic E-state index is -0.0412. The Labute approximate surface area is 131 Å². The van der Waals surface area contributed by atoms with Crippen LogP contribution in [-0.2, 0) is 11.2 Å². The van der Waals surface area contributed by atoms with E-state index in [2.05, 4.69) is 39.1 Å². The van der Waals surface area contributed by atoms with E-state index in [0.717, 1.165) is 34.3 Å². The molecule has 0 saturated carbocycles. The highest BCUT2D eigenvalue weighted by atomic mass is 79.9. The normalized spacial score (nSPS) is 17.9. The van der Waals surface area contributed by atoms with E-state index in [1.807, 2.05) is 24.3 Å². The van der Waals surface area contributed by atoms with Crippen molar-refractivity contribution in [2.24, 2.45) is 0 Å². The summed E-state index contributed by atoms with van der Waals surface area (Å²) in [5.41, 5.74) is 11.4. The zero-order chi connectivity index (χ0) is 14.4. The van der Waals surface area contributed by atoms with Gasteiger partial charge in [-0.1, -0.05) is 28.1 Å². The molecule has 0 bridgehead atoms. The van der Waals surface area contributed by atoms with Gasteiger partial charge in [-0.05, 0) is 47.9 Å². The predicted octanol–water partition coefficient (Wildman–Crippen LogP) is 4.17. The van der Waals surface area contributed by atoms with Crippen LogP contribution < -0.4 is 5.73 Å². The standard InChI is InChI=1S/C17H15BrN2O/c18-11-3-6-15-14(9-11)13-7-8-21-17(16(13)20-15)10-1-4-12(19)5-2-10/h1-6,9,17,20H,7-8,19H2. The highest BCUT2D eigenvalue weighted by Gasteiger charge is 2.26. The highest BCUT2D eigenvalue weighted by Crippen LogP contribution is 2.37. The second-order valence-corrected chi connectivity index (χ2v) is 6.29. The van der Waals surface area contributed by atoms with Crippen LogP contribution in [0.5, 0.6) is 0 Å². The number of nitrogen functional groups attached to an aromatic ring is 1. The fraction of sp³-hybridized carbons (Fsp3) is 0.176. The molecule has 4 rings (SSSR count). The van der Waals surface area contributed by atoms with Gasteiger partial charge in [0.05, 0.1) is 12.3 Å². The van der Waals surface area contributed by atoms with Gasteiger partial charge in [0.25, 0.3) is 0 Å². The second kappa shape index (κ2) is 4.90. The van der Waals surface area contributed by atoms with E-state index < -0.39 is 0 Å². The number of anilines is 1. The summed E-state index contributed by atoms with van der Waals surface area (Å²) in [5.74, 6) is 0. The number of hydrogen-bond acceptors (Lipinski definition) is 2. The van der Waals surface area contributed by atoms with Gasteiger partial charge in [0, 0.05) is 21.1 Å². The summed E-state index contributed by atoms with van der Waals surface area (Å²) in [6.45, 7) is 0.738. The number of benzene rings is 2. The number of rotatable bonds is 1. The average molecular weight is 343 g/mol. The summed E-state index contributed by atoms with van der Waals surface area (Å²) in [7, 11) is 0. The number of H-pyrrole nitrogens is 1. The molecule has 3 aromatic rings. The van der Waals surface area contributed by atoms with Crippen molar-refractivity contribution in [3.63, 3.8) is 0 Å². The lowest BCUT2D eigenvalue weighted by Crippen LogP contribution is -2.16. The van der Waals surface area contributed by atoms with E-state index in [1.54, 1.807) is 0 Å². The molecule has 3 nitrogen and oxygen atoms in total. The Morgan fingerprint density at radius 3 is 2.76 bits per heavy atom. The maximum Gasteiger partial charge on any atom is 0.123 e. The molecule has 2 aromatic carbocycles. The van der Waals surface area contributed by atoms with Gasteiger partial charge in [-0.25, -0.2) is 0 Å². The van der Waals surface area contributed by atoms with Crippen LogP contribution in [0, 0.1) is 0 Å². The van der Waals surface area contributed by atoms with E-state index in [0.29, 0.717) is 0 Å². The number of nitrogens with two attached hydrogens (primary N) is 1. The third-order valence-corrected chi connectivity index (χ3v) is 4.53. The topological polar surface area (TPSA) is 51.0 Å². The van der Waals surface area contributed by atoms with Crippen molar-refractivity contribution in [1.29, 1.82) is 0 Å². The van der Waals surface area contributed by atoms with Crippen molar-refractivity contribution in [3.8, 4) is 0 Å². The van der Waals surface area contributed by atoms with Crippen molar-refractivity contribution >= 4 is 32.5 Å². The molecule has 1 aromatic heterocycles. The summed E-state index contributed by atoms with van der Waals surface area (Å²) in [6.07, 6.45) is 0.901. The zero-order valence-electron chi connectivity index (χ0n) is 11.4. The fourth-order valence-electron chi connectivity index (χ4n) is 3.03. The van der Waals surface area contributed by atoms with Gasteiger partial charge in [0.1, 0.15) is 6.10 Å². The van der Waals surface area contributed by atoms with Gasteiger partial charge in [0.15, 0.2) is 0 Å².